The van der Waals surface area contributed by atoms with Crippen molar-refractivity contribution in [2.45, 2.75) is 19.4 Å². The van der Waals surface area contributed by atoms with E-state index in [1.807, 2.05) is 49.4 Å². The van der Waals surface area contributed by atoms with Gasteiger partial charge in [0.25, 0.3) is 0 Å². The van der Waals surface area contributed by atoms with Crippen molar-refractivity contribution in [3.63, 3.8) is 0 Å². The molecule has 0 aliphatic carbocycles. The Morgan fingerprint density at radius 1 is 1.65 bits per heavy atom. The molecule has 1 rings (SSSR count). The van der Waals surface area contributed by atoms with Gasteiger partial charge in [0.1, 0.15) is 5.84 Å². The van der Waals surface area contributed by atoms with Gasteiger partial charge in [0.05, 0.1) is 12.1 Å². The number of aryl methyl sites for hydroxylation is 1. The minimum atomic E-state index is 0.0467. The van der Waals surface area contributed by atoms with Crippen molar-refractivity contribution >= 4 is 5.84 Å². The largest absolute Gasteiger partial charge is 0.353 e. The van der Waals surface area contributed by atoms with Gasteiger partial charge in [-0.2, -0.15) is 5.26 Å². The van der Waals surface area contributed by atoms with Crippen molar-refractivity contribution in [2.24, 2.45) is 4.99 Å². The number of likely N-dealkylation sites (N-methyl/N-ethyl adjacent to an activating group) is 1. The van der Waals surface area contributed by atoms with E-state index in [2.05, 4.69) is 16.6 Å². The van der Waals surface area contributed by atoms with Crippen LogP contribution in [0.2, 0.25) is 0 Å². The van der Waals surface area contributed by atoms with Crippen LogP contribution in [0.25, 0.3) is 0 Å². The number of amidine groups is 1. The van der Waals surface area contributed by atoms with Crippen molar-refractivity contribution in [3.8, 4) is 6.07 Å². The number of hydrogen-bond acceptors (Lipinski definition) is 3. The highest BCUT2D eigenvalue weighted by molar-refractivity contribution is 5.99. The normalized spacial score (nSPS) is 13.0. The highest BCUT2D eigenvalue weighted by Gasteiger charge is 2.17. The van der Waals surface area contributed by atoms with Crippen LogP contribution in [0.3, 0.4) is 0 Å². The molecular weight excluding hydrogens is 248 g/mol. The number of rotatable bonds is 5. The molecular formula is C16H20N4. The molecule has 4 nitrogen and oxygen atoms in total. The van der Waals surface area contributed by atoms with Crippen molar-refractivity contribution in [1.82, 2.24) is 9.88 Å². The second-order valence-corrected chi connectivity index (χ2v) is 4.43. The van der Waals surface area contributed by atoms with Gasteiger partial charge in [-0.25, -0.2) is 0 Å². The van der Waals surface area contributed by atoms with Gasteiger partial charge < -0.3 is 4.90 Å². The van der Waals surface area contributed by atoms with Crippen LogP contribution < -0.4 is 0 Å². The first kappa shape index (κ1) is 15.6. The molecule has 0 aliphatic rings. The summed E-state index contributed by atoms with van der Waals surface area (Å²) in [5.74, 6) is 0.852. The van der Waals surface area contributed by atoms with E-state index >= 15 is 0 Å². The Labute approximate surface area is 120 Å². The van der Waals surface area contributed by atoms with Crippen LogP contribution in [-0.2, 0) is 0 Å². The summed E-state index contributed by atoms with van der Waals surface area (Å²) >= 11 is 0. The van der Waals surface area contributed by atoms with E-state index in [4.69, 9.17) is 5.26 Å². The van der Waals surface area contributed by atoms with E-state index in [1.54, 1.807) is 13.2 Å². The predicted molar refractivity (Wildman–Crippen MR) is 82.6 cm³/mol. The molecule has 1 heterocycles. The van der Waals surface area contributed by atoms with E-state index in [9.17, 15) is 0 Å². The fourth-order valence-electron chi connectivity index (χ4n) is 2.01. The molecule has 0 aliphatic heterocycles. The predicted octanol–water partition coefficient (Wildman–Crippen LogP) is 2.72. The Morgan fingerprint density at radius 3 is 2.95 bits per heavy atom. The minimum absolute atomic E-state index is 0.0467. The monoisotopic (exact) mass is 268 g/mol. The quantitative estimate of drug-likeness (QED) is 0.357. The molecule has 1 atom stereocenters. The van der Waals surface area contributed by atoms with Crippen LogP contribution in [0.5, 0.6) is 0 Å². The number of allylic oxidation sites excluding steroid dienone is 1. The summed E-state index contributed by atoms with van der Waals surface area (Å²) in [6.45, 7) is 5.80. The third-order valence-electron chi connectivity index (χ3n) is 3.12. The van der Waals surface area contributed by atoms with Gasteiger partial charge in [0, 0.05) is 38.1 Å². The van der Waals surface area contributed by atoms with E-state index in [0.717, 1.165) is 23.4 Å². The Bertz CT molecular complexity index is 552. The first-order chi connectivity index (χ1) is 9.65. The molecule has 0 spiro atoms. The molecule has 0 radical (unpaired) electrons. The van der Waals surface area contributed by atoms with E-state index in [0.29, 0.717) is 0 Å². The standard InChI is InChI=1S/C16H20N4/c1-5-7-14(8-6-10-17)20(4)16(18-3)15-12-19-11-9-13(15)2/h5-6,8-9,11-12,14H,1,7H2,2-4H3/b8-6+,18-16?. The third-order valence-corrected chi connectivity index (χ3v) is 3.12. The summed E-state index contributed by atoms with van der Waals surface area (Å²) < 4.78 is 0. The van der Waals surface area contributed by atoms with Crippen molar-refractivity contribution < 1.29 is 0 Å². The van der Waals surface area contributed by atoms with Crippen molar-refractivity contribution in [1.29, 1.82) is 5.26 Å². The highest BCUT2D eigenvalue weighted by atomic mass is 15.2. The van der Waals surface area contributed by atoms with E-state index in [-0.39, 0.29) is 6.04 Å². The number of nitriles is 1. The number of aliphatic imine (C=N–C) groups is 1. The first-order valence-corrected chi connectivity index (χ1v) is 6.43. The maximum absolute atomic E-state index is 8.70. The maximum Gasteiger partial charge on any atom is 0.132 e. The second kappa shape index (κ2) is 7.90. The molecule has 20 heavy (non-hydrogen) atoms. The van der Waals surface area contributed by atoms with Crippen LogP contribution in [0.4, 0.5) is 0 Å². The average Bonchev–Trinajstić information content (AvgIpc) is 2.46. The molecule has 0 N–H and O–H groups in total. The van der Waals surface area contributed by atoms with Gasteiger partial charge in [-0.15, -0.1) is 6.58 Å². The Morgan fingerprint density at radius 2 is 2.40 bits per heavy atom. The van der Waals surface area contributed by atoms with Gasteiger partial charge in [-0.1, -0.05) is 12.2 Å². The number of aromatic nitrogens is 1. The second-order valence-electron chi connectivity index (χ2n) is 4.43. The van der Waals surface area contributed by atoms with Gasteiger partial charge in [0.2, 0.25) is 0 Å². The lowest BCUT2D eigenvalue weighted by Gasteiger charge is -2.28. The zero-order chi connectivity index (χ0) is 15.0. The molecule has 104 valence electrons. The molecule has 0 aromatic carbocycles. The minimum Gasteiger partial charge on any atom is -0.353 e. The summed E-state index contributed by atoms with van der Waals surface area (Å²) in [6.07, 6.45) is 9.52. The smallest absolute Gasteiger partial charge is 0.132 e. The molecule has 0 saturated carbocycles. The fraction of sp³-hybridized carbons (Fsp3) is 0.312. The number of nitrogens with zero attached hydrogens (tertiary/aromatic N) is 4. The molecule has 0 fully saturated rings. The van der Waals surface area contributed by atoms with Crippen LogP contribution >= 0.6 is 0 Å². The maximum atomic E-state index is 8.70. The SMILES string of the molecule is C=CCC(/C=C/C#N)N(C)C(=NC)c1cnccc1C. The van der Waals surface area contributed by atoms with Gasteiger partial charge >= 0.3 is 0 Å². The summed E-state index contributed by atoms with van der Waals surface area (Å²) in [6, 6.07) is 4.03. The van der Waals surface area contributed by atoms with Gasteiger partial charge in [0.15, 0.2) is 0 Å². The van der Waals surface area contributed by atoms with Crippen molar-refractivity contribution in [2.75, 3.05) is 14.1 Å². The zero-order valence-corrected chi connectivity index (χ0v) is 12.2. The van der Waals surface area contributed by atoms with E-state index in [1.165, 1.54) is 6.08 Å². The lowest BCUT2D eigenvalue weighted by Crippen LogP contribution is -2.36. The average molecular weight is 268 g/mol. The van der Waals surface area contributed by atoms with Gasteiger partial charge in [-0.3, -0.25) is 9.98 Å². The van der Waals surface area contributed by atoms with Crippen LogP contribution in [0, 0.1) is 18.3 Å². The molecule has 1 aromatic heterocycles. The van der Waals surface area contributed by atoms with Crippen LogP contribution in [0.1, 0.15) is 17.5 Å². The molecule has 4 heteroatoms. The molecule has 0 bridgehead atoms. The third kappa shape index (κ3) is 3.79. The zero-order valence-electron chi connectivity index (χ0n) is 12.2. The summed E-state index contributed by atoms with van der Waals surface area (Å²) in [5.41, 5.74) is 2.12. The lowest BCUT2D eigenvalue weighted by molar-refractivity contribution is 0.428. The highest BCUT2D eigenvalue weighted by Crippen LogP contribution is 2.14. The van der Waals surface area contributed by atoms with Crippen LogP contribution in [-0.4, -0.2) is 35.9 Å². The summed E-state index contributed by atoms with van der Waals surface area (Å²) in [7, 11) is 3.72. The first-order valence-electron chi connectivity index (χ1n) is 6.43. The van der Waals surface area contributed by atoms with Gasteiger partial charge in [-0.05, 0) is 25.0 Å². The molecule has 0 saturated heterocycles. The Hall–Kier alpha value is -2.41. The summed E-state index contributed by atoms with van der Waals surface area (Å²) in [4.78, 5) is 10.6. The molecule has 1 aromatic rings. The number of hydrogen-bond donors (Lipinski definition) is 0. The molecule has 0 amide bonds. The van der Waals surface area contributed by atoms with E-state index < -0.39 is 0 Å². The Kier molecular flexibility index (Phi) is 6.18. The lowest BCUT2D eigenvalue weighted by atomic mass is 10.1. The van der Waals surface area contributed by atoms with Crippen molar-refractivity contribution in [3.05, 3.63) is 54.4 Å². The Balaban J connectivity index is 3.11. The number of pyridine rings is 1. The fourth-order valence-corrected chi connectivity index (χ4v) is 2.01. The topological polar surface area (TPSA) is 52.3 Å². The molecule has 1 unspecified atom stereocenters. The summed E-state index contributed by atoms with van der Waals surface area (Å²) in [5, 5.41) is 8.70. The van der Waals surface area contributed by atoms with Crippen LogP contribution in [0.15, 0.2) is 48.3 Å².